The SMILES string of the molecule is CC(C)C[C@H]1NC(=O)c2ccccc2OCC(=O)OCCCCCCCCNC(=O)[C@H](Cc2ccccc2)N(C)C(=O)[C@H]2C[C@H](O)CN2C1=O. The van der Waals surface area contributed by atoms with Crippen molar-refractivity contribution in [3.8, 4) is 5.75 Å². The van der Waals surface area contributed by atoms with Crippen LogP contribution < -0.4 is 15.4 Å². The van der Waals surface area contributed by atoms with E-state index < -0.39 is 47.9 Å². The average Bonchev–Trinajstić information content (AvgIpc) is 3.50. The summed E-state index contributed by atoms with van der Waals surface area (Å²) in [6.45, 7) is 4.08. The van der Waals surface area contributed by atoms with Gasteiger partial charge in [-0.05, 0) is 42.9 Å². The van der Waals surface area contributed by atoms with Gasteiger partial charge in [0.2, 0.25) is 17.7 Å². The fraction of sp³-hybridized carbons (Fsp3) is 0.553. The number of aliphatic hydroxyl groups excluding tert-OH is 1. The molecule has 1 saturated heterocycles. The topological polar surface area (TPSA) is 155 Å². The quantitative estimate of drug-likeness (QED) is 0.413. The summed E-state index contributed by atoms with van der Waals surface area (Å²) >= 11 is 0. The lowest BCUT2D eigenvalue weighted by atomic mass is 10.0. The Bertz CT molecular complexity index is 1450. The van der Waals surface area contributed by atoms with Gasteiger partial charge in [0.05, 0.1) is 18.3 Å². The third-order valence-corrected chi connectivity index (χ3v) is 9.16. The number of esters is 1. The number of aliphatic hydroxyl groups is 1. The molecule has 12 nitrogen and oxygen atoms in total. The van der Waals surface area contributed by atoms with Gasteiger partial charge < -0.3 is 35.0 Å². The summed E-state index contributed by atoms with van der Waals surface area (Å²) in [5.74, 6) is -2.24. The summed E-state index contributed by atoms with van der Waals surface area (Å²) in [6, 6.07) is 13.0. The highest BCUT2D eigenvalue weighted by Crippen LogP contribution is 2.25. The summed E-state index contributed by atoms with van der Waals surface area (Å²) < 4.78 is 11.0. The molecule has 272 valence electrons. The Hall–Kier alpha value is -4.45. The molecule has 0 unspecified atom stereocenters. The number of hydrogen-bond acceptors (Lipinski definition) is 8. The molecule has 12 heteroatoms. The zero-order valence-electron chi connectivity index (χ0n) is 29.5. The zero-order valence-corrected chi connectivity index (χ0v) is 29.5. The van der Waals surface area contributed by atoms with Crippen molar-refractivity contribution in [3.05, 3.63) is 65.7 Å². The fourth-order valence-corrected chi connectivity index (χ4v) is 6.46. The molecule has 2 aromatic rings. The van der Waals surface area contributed by atoms with E-state index in [9.17, 15) is 29.1 Å². The Kier molecular flexibility index (Phi) is 14.6. The first-order valence-corrected chi connectivity index (χ1v) is 17.8. The smallest absolute Gasteiger partial charge is 0.344 e. The predicted molar refractivity (Wildman–Crippen MR) is 187 cm³/mol. The van der Waals surface area contributed by atoms with Crippen molar-refractivity contribution in [3.63, 3.8) is 0 Å². The Morgan fingerprint density at radius 1 is 0.860 bits per heavy atom. The molecule has 1 fully saturated rings. The Labute approximate surface area is 294 Å². The van der Waals surface area contributed by atoms with Crippen molar-refractivity contribution in [2.45, 2.75) is 95.9 Å². The number of benzene rings is 2. The van der Waals surface area contributed by atoms with Gasteiger partial charge in [-0.2, -0.15) is 0 Å². The molecule has 0 saturated carbocycles. The number of nitrogens with zero attached hydrogens (tertiary/aromatic N) is 2. The second-order valence-electron chi connectivity index (χ2n) is 13.6. The second kappa shape index (κ2) is 19.1. The molecule has 2 heterocycles. The van der Waals surface area contributed by atoms with Crippen molar-refractivity contribution in [1.29, 1.82) is 0 Å². The van der Waals surface area contributed by atoms with Crippen molar-refractivity contribution in [2.24, 2.45) is 5.92 Å². The van der Waals surface area contributed by atoms with Crippen LogP contribution in [0.2, 0.25) is 0 Å². The van der Waals surface area contributed by atoms with Crippen LogP contribution in [0, 0.1) is 5.92 Å². The standard InChI is InChI=1S/C38H52N4O8/c1-26(2)21-30-37(47)42-24-28(43)23-32(42)38(48)41(3)31(22-27-15-9-8-10-16-27)36(46)39-19-13-6-4-5-7-14-20-49-34(44)25-50-33-18-12-11-17-29(33)35(45)40-30/h8-12,15-18,26,28,30-32,43H,4-7,13-14,19-25H2,1-3H3,(H,39,46)(H,40,45)/t28-,30+,31-,32+/m0/s1. The average molecular weight is 693 g/mol. The lowest BCUT2D eigenvalue weighted by molar-refractivity contribution is -0.147. The van der Waals surface area contributed by atoms with Crippen LogP contribution in [-0.4, -0.2) is 102 Å². The van der Waals surface area contributed by atoms with Crippen LogP contribution in [0.5, 0.6) is 5.75 Å². The number of ether oxygens (including phenoxy) is 2. The molecule has 4 atom stereocenters. The van der Waals surface area contributed by atoms with E-state index in [-0.39, 0.29) is 62.2 Å². The largest absolute Gasteiger partial charge is 0.481 e. The third-order valence-electron chi connectivity index (χ3n) is 9.16. The molecule has 2 aliphatic heterocycles. The summed E-state index contributed by atoms with van der Waals surface area (Å²) in [6.07, 6.45) is 4.78. The molecule has 0 radical (unpaired) electrons. The van der Waals surface area contributed by atoms with Crippen molar-refractivity contribution < 1.29 is 38.6 Å². The third kappa shape index (κ3) is 11.0. The molecule has 50 heavy (non-hydrogen) atoms. The molecule has 2 aromatic carbocycles. The van der Waals surface area contributed by atoms with Gasteiger partial charge in [0.1, 0.15) is 23.9 Å². The molecule has 2 aliphatic rings. The number of nitrogens with one attached hydrogen (secondary N) is 2. The van der Waals surface area contributed by atoms with E-state index in [2.05, 4.69) is 10.6 Å². The number of amides is 4. The highest BCUT2D eigenvalue weighted by Gasteiger charge is 2.44. The highest BCUT2D eigenvalue weighted by atomic mass is 16.6. The first kappa shape index (κ1) is 38.4. The maximum absolute atomic E-state index is 14.2. The number of carbonyl (C=O) groups excluding carboxylic acids is 5. The van der Waals surface area contributed by atoms with Crippen molar-refractivity contribution >= 4 is 29.6 Å². The van der Waals surface area contributed by atoms with Crippen LogP contribution >= 0.6 is 0 Å². The normalized spacial score (nSPS) is 24.2. The number of hydrogen-bond donors (Lipinski definition) is 3. The minimum atomic E-state index is -1.03. The summed E-state index contributed by atoms with van der Waals surface area (Å²) in [5, 5.41) is 16.6. The van der Waals surface area contributed by atoms with Crippen LogP contribution in [0.4, 0.5) is 0 Å². The molecule has 0 aromatic heterocycles. The van der Waals surface area contributed by atoms with Gasteiger partial charge in [0.25, 0.3) is 5.91 Å². The molecular formula is C38H52N4O8. The Morgan fingerprint density at radius 3 is 2.28 bits per heavy atom. The highest BCUT2D eigenvalue weighted by molar-refractivity contribution is 6.00. The number of cyclic esters (lactones) is 1. The zero-order chi connectivity index (χ0) is 36.0. The molecule has 4 rings (SSSR count). The number of likely N-dealkylation sites (N-methyl/N-ethyl adjacent to an activating group) is 1. The van der Waals surface area contributed by atoms with E-state index >= 15 is 0 Å². The van der Waals surface area contributed by atoms with E-state index in [4.69, 9.17) is 9.47 Å². The van der Waals surface area contributed by atoms with Crippen molar-refractivity contribution in [2.75, 3.05) is 33.4 Å². The van der Waals surface area contributed by atoms with Gasteiger partial charge in [0, 0.05) is 33.0 Å². The van der Waals surface area contributed by atoms with E-state index in [0.717, 1.165) is 37.7 Å². The van der Waals surface area contributed by atoms with Crippen LogP contribution in [0.25, 0.3) is 0 Å². The van der Waals surface area contributed by atoms with Crippen LogP contribution in [0.3, 0.4) is 0 Å². The minimum Gasteiger partial charge on any atom is -0.481 e. The molecule has 3 N–H and O–H groups in total. The van der Waals surface area contributed by atoms with Gasteiger partial charge in [0.15, 0.2) is 6.61 Å². The first-order valence-electron chi connectivity index (χ1n) is 17.8. The molecule has 0 spiro atoms. The summed E-state index contributed by atoms with van der Waals surface area (Å²) in [7, 11) is 1.56. The molecular weight excluding hydrogens is 640 g/mol. The van der Waals surface area contributed by atoms with Gasteiger partial charge in [-0.1, -0.05) is 82.0 Å². The number of fused-ring (bicyclic) bond motifs is 2. The van der Waals surface area contributed by atoms with Gasteiger partial charge in [-0.15, -0.1) is 0 Å². The number of carbonyl (C=O) groups is 5. The van der Waals surface area contributed by atoms with Crippen LogP contribution in [-0.2, 0) is 30.3 Å². The van der Waals surface area contributed by atoms with Crippen LogP contribution in [0.15, 0.2) is 54.6 Å². The van der Waals surface area contributed by atoms with Crippen molar-refractivity contribution in [1.82, 2.24) is 20.4 Å². The second-order valence-corrected chi connectivity index (χ2v) is 13.6. The maximum atomic E-state index is 14.2. The van der Waals surface area contributed by atoms with E-state index in [1.165, 1.54) is 9.80 Å². The lowest BCUT2D eigenvalue weighted by Crippen LogP contribution is -2.57. The Morgan fingerprint density at radius 2 is 1.54 bits per heavy atom. The van der Waals surface area contributed by atoms with Gasteiger partial charge >= 0.3 is 5.97 Å². The van der Waals surface area contributed by atoms with E-state index in [0.29, 0.717) is 13.0 Å². The van der Waals surface area contributed by atoms with Crippen LogP contribution in [0.1, 0.15) is 81.1 Å². The molecule has 0 bridgehead atoms. The lowest BCUT2D eigenvalue weighted by Gasteiger charge is -2.34. The Balaban J connectivity index is 1.61. The molecule has 0 aliphatic carbocycles. The first-order chi connectivity index (χ1) is 24.0. The summed E-state index contributed by atoms with van der Waals surface area (Å²) in [5.41, 5.74) is 1.02. The monoisotopic (exact) mass is 692 g/mol. The molecule has 4 amide bonds. The number of rotatable bonds is 4. The van der Waals surface area contributed by atoms with E-state index in [1.807, 2.05) is 44.2 Å². The predicted octanol–water partition coefficient (Wildman–Crippen LogP) is 3.26. The van der Waals surface area contributed by atoms with Gasteiger partial charge in [-0.3, -0.25) is 19.2 Å². The minimum absolute atomic E-state index is 0.00368. The van der Waals surface area contributed by atoms with E-state index in [1.54, 1.807) is 31.3 Å². The number of para-hydroxylation sites is 1. The fourth-order valence-electron chi connectivity index (χ4n) is 6.46. The maximum Gasteiger partial charge on any atom is 0.344 e. The van der Waals surface area contributed by atoms with Gasteiger partial charge in [-0.25, -0.2) is 4.79 Å². The summed E-state index contributed by atoms with van der Waals surface area (Å²) in [4.78, 5) is 70.7.